The van der Waals surface area contributed by atoms with E-state index in [0.29, 0.717) is 11.6 Å². The highest BCUT2D eigenvalue weighted by Gasteiger charge is 2.17. The van der Waals surface area contributed by atoms with E-state index in [-0.39, 0.29) is 17.3 Å². The van der Waals surface area contributed by atoms with E-state index >= 15 is 0 Å². The van der Waals surface area contributed by atoms with E-state index in [9.17, 15) is 4.79 Å². The molecule has 126 valence electrons. The van der Waals surface area contributed by atoms with Gasteiger partial charge in [0.2, 0.25) is 5.95 Å². The first-order valence-corrected chi connectivity index (χ1v) is 8.00. The van der Waals surface area contributed by atoms with E-state index in [1.54, 1.807) is 31.4 Å². The van der Waals surface area contributed by atoms with Crippen molar-refractivity contribution in [1.29, 1.82) is 0 Å². The Morgan fingerprint density at radius 1 is 1.21 bits per heavy atom. The van der Waals surface area contributed by atoms with Crippen molar-refractivity contribution in [1.82, 2.24) is 9.97 Å². The van der Waals surface area contributed by atoms with Crippen LogP contribution in [0.15, 0.2) is 30.5 Å². The van der Waals surface area contributed by atoms with Gasteiger partial charge in [-0.05, 0) is 43.5 Å². The molecule has 1 amide bonds. The zero-order chi connectivity index (χ0) is 16.9. The molecule has 1 aliphatic heterocycles. The Labute approximate surface area is 140 Å². The van der Waals surface area contributed by atoms with Gasteiger partial charge in [0.05, 0.1) is 7.11 Å². The number of carbonyl (C=O) groups excluding carboxylic acids is 1. The Morgan fingerprint density at radius 3 is 2.54 bits per heavy atom. The number of methoxy groups -OCH3 is 1. The number of ether oxygens (including phenoxy) is 1. The van der Waals surface area contributed by atoms with E-state index in [0.717, 1.165) is 31.7 Å². The topological polar surface area (TPSA) is 93.4 Å². The lowest BCUT2D eigenvalue weighted by atomic mass is 10.1. The van der Waals surface area contributed by atoms with Gasteiger partial charge in [0.15, 0.2) is 0 Å². The Morgan fingerprint density at radius 2 is 1.92 bits per heavy atom. The van der Waals surface area contributed by atoms with Crippen LogP contribution >= 0.6 is 0 Å². The number of rotatable bonds is 4. The highest BCUT2D eigenvalue weighted by Crippen LogP contribution is 2.20. The normalized spacial score (nSPS) is 14.3. The number of aromatic nitrogens is 2. The average molecular weight is 327 g/mol. The summed E-state index contributed by atoms with van der Waals surface area (Å²) in [5.41, 5.74) is 6.89. The molecule has 0 aliphatic carbocycles. The molecule has 7 heteroatoms. The lowest BCUT2D eigenvalue weighted by Crippen LogP contribution is -2.31. The molecule has 1 aromatic heterocycles. The van der Waals surface area contributed by atoms with Gasteiger partial charge >= 0.3 is 0 Å². The second-order valence-corrected chi connectivity index (χ2v) is 5.70. The molecule has 0 spiro atoms. The van der Waals surface area contributed by atoms with Crippen LogP contribution in [0.4, 0.5) is 17.5 Å². The number of nitrogens with two attached hydrogens (primary N) is 1. The maximum atomic E-state index is 12.4. The molecule has 24 heavy (non-hydrogen) atoms. The first kappa shape index (κ1) is 16.0. The third kappa shape index (κ3) is 3.56. The van der Waals surface area contributed by atoms with Gasteiger partial charge in [0, 0.05) is 25.0 Å². The summed E-state index contributed by atoms with van der Waals surface area (Å²) in [6.45, 7) is 1.85. The summed E-state index contributed by atoms with van der Waals surface area (Å²) in [5.74, 6) is 1.18. The summed E-state index contributed by atoms with van der Waals surface area (Å²) in [4.78, 5) is 23.1. The largest absolute Gasteiger partial charge is 0.497 e. The highest BCUT2D eigenvalue weighted by molar-refractivity contribution is 6.07. The molecular formula is C17H21N5O2. The van der Waals surface area contributed by atoms with Crippen LogP contribution in [0.5, 0.6) is 5.75 Å². The molecule has 0 saturated carbocycles. The highest BCUT2D eigenvalue weighted by atomic mass is 16.5. The standard InChI is InChI=1S/C17H21N5O2/c1-24-13-7-5-12(6-8-13)20-16(23)14-11-19-17(21-15(14)18)22-9-3-2-4-10-22/h5-8,11H,2-4,9-10H2,1H3,(H,20,23)(H2,18,19,21). The summed E-state index contributed by atoms with van der Waals surface area (Å²) in [6, 6.07) is 7.07. The van der Waals surface area contributed by atoms with Crippen LogP contribution in [0.25, 0.3) is 0 Å². The van der Waals surface area contributed by atoms with Crippen molar-refractivity contribution in [3.05, 3.63) is 36.0 Å². The van der Waals surface area contributed by atoms with E-state index < -0.39 is 0 Å². The summed E-state index contributed by atoms with van der Waals surface area (Å²) in [6.07, 6.45) is 4.98. The number of nitrogen functional groups attached to an aromatic ring is 1. The fourth-order valence-electron chi connectivity index (χ4n) is 2.68. The lowest BCUT2D eigenvalue weighted by molar-refractivity contribution is 0.102. The van der Waals surface area contributed by atoms with Crippen molar-refractivity contribution in [2.75, 3.05) is 36.1 Å². The predicted octanol–water partition coefficient (Wildman–Crippen LogP) is 2.31. The van der Waals surface area contributed by atoms with Gasteiger partial charge in [-0.25, -0.2) is 4.98 Å². The van der Waals surface area contributed by atoms with Crippen LogP contribution in [-0.4, -0.2) is 36.1 Å². The zero-order valence-corrected chi connectivity index (χ0v) is 13.7. The van der Waals surface area contributed by atoms with Gasteiger partial charge in [-0.1, -0.05) is 0 Å². The second-order valence-electron chi connectivity index (χ2n) is 5.70. The summed E-state index contributed by atoms with van der Waals surface area (Å²) < 4.78 is 5.09. The van der Waals surface area contributed by atoms with Gasteiger partial charge in [-0.3, -0.25) is 4.79 Å². The Kier molecular flexibility index (Phi) is 4.79. The molecule has 7 nitrogen and oxygen atoms in total. The second kappa shape index (κ2) is 7.16. The van der Waals surface area contributed by atoms with Crippen molar-refractivity contribution in [3.63, 3.8) is 0 Å². The molecule has 1 aliphatic rings. The van der Waals surface area contributed by atoms with Crippen LogP contribution in [0.3, 0.4) is 0 Å². The molecule has 2 aromatic rings. The molecular weight excluding hydrogens is 306 g/mol. The Bertz CT molecular complexity index is 711. The van der Waals surface area contributed by atoms with Gasteiger partial charge < -0.3 is 20.7 Å². The van der Waals surface area contributed by atoms with Crippen LogP contribution in [0, 0.1) is 0 Å². The molecule has 0 unspecified atom stereocenters. The SMILES string of the molecule is COc1ccc(NC(=O)c2cnc(N3CCCCC3)nc2N)cc1. The minimum Gasteiger partial charge on any atom is -0.497 e. The minimum absolute atomic E-state index is 0.191. The third-order valence-electron chi connectivity index (χ3n) is 4.04. The van der Waals surface area contributed by atoms with Crippen LogP contribution in [-0.2, 0) is 0 Å². The quantitative estimate of drug-likeness (QED) is 0.895. The summed E-state index contributed by atoms with van der Waals surface area (Å²) >= 11 is 0. The first-order chi connectivity index (χ1) is 11.7. The molecule has 1 aromatic carbocycles. The van der Waals surface area contributed by atoms with Gasteiger partial charge in [-0.15, -0.1) is 0 Å². The summed E-state index contributed by atoms with van der Waals surface area (Å²) in [5, 5.41) is 2.78. The fourth-order valence-corrected chi connectivity index (χ4v) is 2.68. The molecule has 2 heterocycles. The number of amides is 1. The summed E-state index contributed by atoms with van der Waals surface area (Å²) in [7, 11) is 1.59. The van der Waals surface area contributed by atoms with Crippen molar-refractivity contribution < 1.29 is 9.53 Å². The molecule has 0 atom stereocenters. The van der Waals surface area contributed by atoms with E-state index in [2.05, 4.69) is 20.2 Å². The molecule has 0 radical (unpaired) electrons. The average Bonchev–Trinajstić information content (AvgIpc) is 2.63. The molecule has 1 fully saturated rings. The van der Waals surface area contributed by atoms with Gasteiger partial charge in [0.1, 0.15) is 17.1 Å². The number of anilines is 3. The number of carbonyl (C=O) groups is 1. The third-order valence-corrected chi connectivity index (χ3v) is 4.04. The van der Waals surface area contributed by atoms with Crippen molar-refractivity contribution in [2.45, 2.75) is 19.3 Å². The lowest BCUT2D eigenvalue weighted by Gasteiger charge is -2.26. The number of benzene rings is 1. The Hall–Kier alpha value is -2.83. The predicted molar refractivity (Wildman–Crippen MR) is 93.5 cm³/mol. The van der Waals surface area contributed by atoms with Crippen LogP contribution in [0.1, 0.15) is 29.6 Å². The number of nitrogens with zero attached hydrogens (tertiary/aromatic N) is 3. The smallest absolute Gasteiger partial charge is 0.260 e. The van der Waals surface area contributed by atoms with Crippen LogP contribution in [0.2, 0.25) is 0 Å². The zero-order valence-electron chi connectivity index (χ0n) is 13.7. The molecule has 3 rings (SSSR count). The number of piperidine rings is 1. The fraction of sp³-hybridized carbons (Fsp3) is 0.353. The van der Waals surface area contributed by atoms with Gasteiger partial charge in [-0.2, -0.15) is 4.98 Å². The number of hydrogen-bond acceptors (Lipinski definition) is 6. The molecule has 3 N–H and O–H groups in total. The molecule has 1 saturated heterocycles. The number of hydrogen-bond donors (Lipinski definition) is 2. The minimum atomic E-state index is -0.331. The van der Waals surface area contributed by atoms with Gasteiger partial charge in [0.25, 0.3) is 5.91 Å². The maximum Gasteiger partial charge on any atom is 0.260 e. The van der Waals surface area contributed by atoms with Crippen LogP contribution < -0.4 is 20.7 Å². The van der Waals surface area contributed by atoms with E-state index in [1.165, 1.54) is 12.6 Å². The number of nitrogens with one attached hydrogen (secondary N) is 1. The Balaban J connectivity index is 1.72. The van der Waals surface area contributed by atoms with Crippen molar-refractivity contribution in [3.8, 4) is 5.75 Å². The van der Waals surface area contributed by atoms with Crippen molar-refractivity contribution in [2.24, 2.45) is 0 Å². The van der Waals surface area contributed by atoms with E-state index in [4.69, 9.17) is 10.5 Å². The molecule has 0 bridgehead atoms. The maximum absolute atomic E-state index is 12.4. The van der Waals surface area contributed by atoms with Crippen molar-refractivity contribution >= 4 is 23.4 Å². The first-order valence-electron chi connectivity index (χ1n) is 8.00. The van der Waals surface area contributed by atoms with E-state index in [1.807, 2.05) is 0 Å². The monoisotopic (exact) mass is 327 g/mol.